The van der Waals surface area contributed by atoms with E-state index in [0.29, 0.717) is 5.56 Å². The molecule has 13 nitrogen and oxygen atoms in total. The van der Waals surface area contributed by atoms with Crippen LogP contribution in [0.15, 0.2) is 30.3 Å². The van der Waals surface area contributed by atoms with Crippen molar-refractivity contribution in [1.82, 2.24) is 16.0 Å². The minimum absolute atomic E-state index is 0.0186. The number of carbonyl (C=O) groups is 6. The van der Waals surface area contributed by atoms with Crippen molar-refractivity contribution in [2.24, 2.45) is 17.4 Å². The standard InChI is InChI=1S/C25H37N5O8/c1-14(2)12-18(24(36)30-19(25(37)38)13-15-6-4-3-5-7-15)29-23(35)17(9-11-21(32)33)28-22(34)16(26)8-10-20(27)31/h3-7,14,16-19H,8-13,26H2,1-2H3,(H2,27,31)(H,28,34)(H,29,35)(H,30,36)(H,32,33)(H,37,38). The monoisotopic (exact) mass is 535 g/mol. The summed E-state index contributed by atoms with van der Waals surface area (Å²) in [5.74, 6) is -5.59. The summed E-state index contributed by atoms with van der Waals surface area (Å²) in [5.41, 5.74) is 11.5. The van der Waals surface area contributed by atoms with E-state index in [1.807, 2.05) is 0 Å². The summed E-state index contributed by atoms with van der Waals surface area (Å²) >= 11 is 0. The molecule has 13 heteroatoms. The average Bonchev–Trinajstić information content (AvgIpc) is 2.83. The van der Waals surface area contributed by atoms with Gasteiger partial charge in [0.25, 0.3) is 0 Å². The maximum atomic E-state index is 13.1. The topological polar surface area (TPSA) is 231 Å². The highest BCUT2D eigenvalue weighted by molar-refractivity contribution is 5.94. The number of nitrogens with one attached hydrogen (secondary N) is 3. The fourth-order valence-corrected chi connectivity index (χ4v) is 3.54. The van der Waals surface area contributed by atoms with Gasteiger partial charge >= 0.3 is 11.9 Å². The van der Waals surface area contributed by atoms with Gasteiger partial charge in [0.1, 0.15) is 18.1 Å². The van der Waals surface area contributed by atoms with Crippen LogP contribution < -0.4 is 27.4 Å². The summed E-state index contributed by atoms with van der Waals surface area (Å²) in [7, 11) is 0. The zero-order valence-electron chi connectivity index (χ0n) is 21.5. The molecule has 1 rings (SSSR count). The van der Waals surface area contributed by atoms with E-state index in [0.717, 1.165) is 0 Å². The number of carbonyl (C=O) groups excluding carboxylic acids is 4. The maximum Gasteiger partial charge on any atom is 0.326 e. The number of carboxylic acids is 2. The van der Waals surface area contributed by atoms with Gasteiger partial charge in [-0.05, 0) is 30.7 Å². The summed E-state index contributed by atoms with van der Waals surface area (Å²) in [4.78, 5) is 72.4. The van der Waals surface area contributed by atoms with Crippen LogP contribution in [0.4, 0.5) is 0 Å². The molecular weight excluding hydrogens is 498 g/mol. The lowest BCUT2D eigenvalue weighted by molar-refractivity contribution is -0.142. The van der Waals surface area contributed by atoms with Crippen LogP contribution in [0, 0.1) is 5.92 Å². The third-order valence-electron chi connectivity index (χ3n) is 5.56. The Bertz CT molecular complexity index is 985. The number of primary amides is 1. The summed E-state index contributed by atoms with van der Waals surface area (Å²) < 4.78 is 0. The van der Waals surface area contributed by atoms with E-state index in [9.17, 15) is 33.9 Å². The molecule has 0 radical (unpaired) electrons. The molecule has 0 heterocycles. The second kappa shape index (κ2) is 16.0. The van der Waals surface area contributed by atoms with Crippen LogP contribution in [0.25, 0.3) is 0 Å². The third-order valence-corrected chi connectivity index (χ3v) is 5.56. The molecular formula is C25H37N5O8. The molecule has 0 aliphatic heterocycles. The van der Waals surface area contributed by atoms with E-state index in [1.54, 1.807) is 44.2 Å². The largest absolute Gasteiger partial charge is 0.481 e. The zero-order chi connectivity index (χ0) is 28.8. The van der Waals surface area contributed by atoms with Crippen molar-refractivity contribution in [3.63, 3.8) is 0 Å². The van der Waals surface area contributed by atoms with Crippen LogP contribution in [0.2, 0.25) is 0 Å². The van der Waals surface area contributed by atoms with Gasteiger partial charge in [-0.25, -0.2) is 4.79 Å². The zero-order valence-corrected chi connectivity index (χ0v) is 21.5. The van der Waals surface area contributed by atoms with Crippen LogP contribution in [0.1, 0.15) is 51.5 Å². The molecule has 0 fully saturated rings. The van der Waals surface area contributed by atoms with Crippen molar-refractivity contribution in [3.8, 4) is 0 Å². The molecule has 0 aliphatic rings. The smallest absolute Gasteiger partial charge is 0.326 e. The maximum absolute atomic E-state index is 13.1. The molecule has 0 saturated carbocycles. The minimum atomic E-state index is -1.35. The summed E-state index contributed by atoms with van der Waals surface area (Å²) in [6.07, 6.45) is -0.835. The number of aliphatic carboxylic acids is 2. The first-order chi connectivity index (χ1) is 17.8. The van der Waals surface area contributed by atoms with E-state index in [-0.39, 0.29) is 38.0 Å². The summed E-state index contributed by atoms with van der Waals surface area (Å²) in [5, 5.41) is 26.0. The van der Waals surface area contributed by atoms with Gasteiger partial charge in [-0.2, -0.15) is 0 Å². The van der Waals surface area contributed by atoms with Gasteiger partial charge in [0.15, 0.2) is 0 Å². The fourth-order valence-electron chi connectivity index (χ4n) is 3.54. The third kappa shape index (κ3) is 12.3. The van der Waals surface area contributed by atoms with Gasteiger partial charge in [0.05, 0.1) is 6.04 Å². The van der Waals surface area contributed by atoms with Crippen LogP contribution in [0.5, 0.6) is 0 Å². The highest BCUT2D eigenvalue weighted by Gasteiger charge is 2.31. The Morgan fingerprint density at radius 3 is 1.87 bits per heavy atom. The lowest BCUT2D eigenvalue weighted by Gasteiger charge is -2.26. The first kappa shape index (κ1) is 32.0. The Labute approximate surface area is 220 Å². The van der Waals surface area contributed by atoms with Crippen molar-refractivity contribution in [2.75, 3.05) is 0 Å². The van der Waals surface area contributed by atoms with E-state index in [2.05, 4.69) is 16.0 Å². The quantitative estimate of drug-likeness (QED) is 0.133. The molecule has 4 unspecified atom stereocenters. The Balaban J connectivity index is 3.01. The van der Waals surface area contributed by atoms with Crippen molar-refractivity contribution in [3.05, 3.63) is 35.9 Å². The van der Waals surface area contributed by atoms with Gasteiger partial charge in [0.2, 0.25) is 23.6 Å². The van der Waals surface area contributed by atoms with E-state index in [1.165, 1.54) is 0 Å². The molecule has 9 N–H and O–H groups in total. The first-order valence-electron chi connectivity index (χ1n) is 12.2. The molecule has 4 amide bonds. The Morgan fingerprint density at radius 2 is 1.34 bits per heavy atom. The van der Waals surface area contributed by atoms with Crippen molar-refractivity contribution < 1.29 is 39.0 Å². The van der Waals surface area contributed by atoms with Crippen LogP contribution in [-0.2, 0) is 35.2 Å². The van der Waals surface area contributed by atoms with Gasteiger partial charge in [-0.3, -0.25) is 24.0 Å². The predicted octanol–water partition coefficient (Wildman–Crippen LogP) is -0.728. The van der Waals surface area contributed by atoms with Crippen molar-refractivity contribution >= 4 is 35.6 Å². The summed E-state index contributed by atoms with van der Waals surface area (Å²) in [6.45, 7) is 3.60. The van der Waals surface area contributed by atoms with Crippen LogP contribution in [0.3, 0.4) is 0 Å². The lowest BCUT2D eigenvalue weighted by Crippen LogP contribution is -2.57. The number of hydrogen-bond acceptors (Lipinski definition) is 7. The number of amides is 4. The molecule has 4 atom stereocenters. The predicted molar refractivity (Wildman–Crippen MR) is 136 cm³/mol. The molecule has 38 heavy (non-hydrogen) atoms. The van der Waals surface area contributed by atoms with Gasteiger partial charge in [-0.1, -0.05) is 44.2 Å². The molecule has 0 aromatic heterocycles. The first-order valence-corrected chi connectivity index (χ1v) is 12.2. The summed E-state index contributed by atoms with van der Waals surface area (Å²) in [6, 6.07) is 3.75. The van der Waals surface area contributed by atoms with E-state index < -0.39 is 66.2 Å². The molecule has 0 saturated heterocycles. The number of carboxylic acid groups (broad SMARTS) is 2. The Kier molecular flexibility index (Phi) is 13.5. The fraction of sp³-hybridized carbons (Fsp3) is 0.520. The van der Waals surface area contributed by atoms with E-state index in [4.69, 9.17) is 16.6 Å². The average molecular weight is 536 g/mol. The molecule has 1 aromatic carbocycles. The van der Waals surface area contributed by atoms with Gasteiger partial charge in [0, 0.05) is 19.3 Å². The molecule has 0 bridgehead atoms. The number of nitrogens with two attached hydrogens (primary N) is 2. The Hall–Kier alpha value is -4.00. The SMILES string of the molecule is CC(C)CC(NC(=O)C(CCC(=O)O)NC(=O)C(N)CCC(N)=O)C(=O)NC(Cc1ccccc1)C(=O)O. The normalized spacial score (nSPS) is 14.0. The lowest BCUT2D eigenvalue weighted by atomic mass is 10.0. The highest BCUT2D eigenvalue weighted by atomic mass is 16.4. The van der Waals surface area contributed by atoms with Crippen molar-refractivity contribution in [2.45, 2.75) is 76.5 Å². The minimum Gasteiger partial charge on any atom is -0.481 e. The molecule has 0 spiro atoms. The number of hydrogen-bond donors (Lipinski definition) is 7. The molecule has 0 aliphatic carbocycles. The van der Waals surface area contributed by atoms with Crippen molar-refractivity contribution in [1.29, 1.82) is 0 Å². The number of rotatable bonds is 17. The molecule has 1 aromatic rings. The van der Waals surface area contributed by atoms with Crippen LogP contribution >= 0.6 is 0 Å². The number of benzene rings is 1. The van der Waals surface area contributed by atoms with Gasteiger partial charge in [-0.15, -0.1) is 0 Å². The van der Waals surface area contributed by atoms with Crippen LogP contribution in [-0.4, -0.2) is 69.9 Å². The highest BCUT2D eigenvalue weighted by Crippen LogP contribution is 2.09. The second-order valence-corrected chi connectivity index (χ2v) is 9.38. The van der Waals surface area contributed by atoms with Gasteiger partial charge < -0.3 is 37.6 Å². The van der Waals surface area contributed by atoms with E-state index >= 15 is 0 Å². The molecule has 210 valence electrons. The second-order valence-electron chi connectivity index (χ2n) is 9.38. The Morgan fingerprint density at radius 1 is 0.789 bits per heavy atom.